The average molecular weight is 464 g/mol. The predicted molar refractivity (Wildman–Crippen MR) is 107 cm³/mol. The smallest absolute Gasteiger partial charge is 0.261 e. The van der Waals surface area contributed by atoms with Crippen molar-refractivity contribution in [2.24, 2.45) is 0 Å². The Balaban J connectivity index is 1.84. The van der Waals surface area contributed by atoms with Gasteiger partial charge in [0.2, 0.25) is 17.7 Å². The van der Waals surface area contributed by atoms with Gasteiger partial charge < -0.3 is 5.32 Å². The number of alkyl halides is 1. The number of benzene rings is 1. The monoisotopic (exact) mass is 463 g/mol. The number of imide groups is 2. The second kappa shape index (κ2) is 9.30. The molecule has 8 nitrogen and oxygen atoms in total. The molecule has 2 N–H and O–H groups in total. The number of amides is 5. The minimum atomic E-state index is -1.07. The predicted octanol–water partition coefficient (Wildman–Crippen LogP) is 1.59. The van der Waals surface area contributed by atoms with Crippen LogP contribution in [-0.2, 0) is 19.2 Å². The van der Waals surface area contributed by atoms with Gasteiger partial charge in [0.25, 0.3) is 11.8 Å². The fourth-order valence-electron chi connectivity index (χ4n) is 3.60. The van der Waals surface area contributed by atoms with E-state index in [1.165, 1.54) is 0 Å². The summed E-state index contributed by atoms with van der Waals surface area (Å²) in [5.74, 6) is -2.65. The first kappa shape index (κ1) is 21.2. The number of nitrogens with one attached hydrogen (secondary N) is 2. The third kappa shape index (κ3) is 4.55. The number of fused-ring (bicyclic) bond motifs is 1. The summed E-state index contributed by atoms with van der Waals surface area (Å²) in [6.07, 6.45) is 2.91. The first-order valence-corrected chi connectivity index (χ1v) is 10.7. The molecule has 0 aliphatic carbocycles. The molecule has 0 aromatic heterocycles. The van der Waals surface area contributed by atoms with Crippen LogP contribution in [0.15, 0.2) is 24.3 Å². The van der Waals surface area contributed by atoms with Crippen LogP contribution in [-0.4, -0.2) is 45.8 Å². The van der Waals surface area contributed by atoms with E-state index in [-0.39, 0.29) is 30.7 Å². The third-order valence-corrected chi connectivity index (χ3v) is 5.63. The number of carbonyl (C=O) groups excluding carboxylic acids is 5. The van der Waals surface area contributed by atoms with Gasteiger partial charge in [0.1, 0.15) is 12.1 Å². The number of piperidine rings is 1. The lowest BCUT2D eigenvalue weighted by Gasteiger charge is -2.38. The number of nitrogens with zero attached hydrogens (tertiary/aromatic N) is 1. The number of unbranched alkanes of at least 4 members (excludes halogenated alkanes) is 2. The van der Waals surface area contributed by atoms with Crippen LogP contribution >= 0.6 is 15.9 Å². The highest BCUT2D eigenvalue weighted by Crippen LogP contribution is 2.30. The zero-order chi connectivity index (χ0) is 21.0. The molecule has 2 aliphatic heterocycles. The molecule has 9 heteroatoms. The Morgan fingerprint density at radius 1 is 1.14 bits per heavy atom. The lowest BCUT2D eigenvalue weighted by Crippen LogP contribution is -2.60. The minimum absolute atomic E-state index is 0.0414. The molecule has 29 heavy (non-hydrogen) atoms. The molecule has 2 aliphatic rings. The van der Waals surface area contributed by atoms with Gasteiger partial charge in [0.15, 0.2) is 0 Å². The Hall–Kier alpha value is -2.55. The van der Waals surface area contributed by atoms with Crippen molar-refractivity contribution in [1.29, 1.82) is 0 Å². The van der Waals surface area contributed by atoms with E-state index in [4.69, 9.17) is 0 Å². The standard InChI is InChI=1S/C20H22BrN3O5/c21-11-5-1-2-8-15(25)22-17-12-6-3-4-7-13(12)19(28)24(20(17)29)14-9-10-16(26)23-18(14)27/h3-4,6-7,14,17H,1-2,5,8-11H2,(H,22,25)(H,23,26,27). The van der Waals surface area contributed by atoms with Gasteiger partial charge in [-0.15, -0.1) is 0 Å². The topological polar surface area (TPSA) is 113 Å². The number of hydrogen-bond acceptors (Lipinski definition) is 5. The quantitative estimate of drug-likeness (QED) is 0.362. The zero-order valence-corrected chi connectivity index (χ0v) is 17.4. The molecule has 1 aromatic carbocycles. The van der Waals surface area contributed by atoms with Crippen molar-refractivity contribution < 1.29 is 24.0 Å². The highest BCUT2D eigenvalue weighted by molar-refractivity contribution is 9.09. The number of rotatable bonds is 7. The summed E-state index contributed by atoms with van der Waals surface area (Å²) in [6, 6.07) is 4.43. The Morgan fingerprint density at radius 3 is 2.62 bits per heavy atom. The van der Waals surface area contributed by atoms with Crippen molar-refractivity contribution >= 4 is 45.5 Å². The summed E-state index contributed by atoms with van der Waals surface area (Å²) in [4.78, 5) is 63.1. The molecular weight excluding hydrogens is 442 g/mol. The maximum atomic E-state index is 13.2. The summed E-state index contributed by atoms with van der Waals surface area (Å²) >= 11 is 3.34. The van der Waals surface area contributed by atoms with Crippen molar-refractivity contribution in [3.63, 3.8) is 0 Å². The van der Waals surface area contributed by atoms with Gasteiger partial charge in [0, 0.05) is 23.7 Å². The summed E-state index contributed by atoms with van der Waals surface area (Å²) in [6.45, 7) is 0. The van der Waals surface area contributed by atoms with Gasteiger partial charge in [-0.05, 0) is 30.9 Å². The highest BCUT2D eigenvalue weighted by atomic mass is 79.9. The Labute approximate surface area is 176 Å². The van der Waals surface area contributed by atoms with E-state index < -0.39 is 35.7 Å². The van der Waals surface area contributed by atoms with E-state index >= 15 is 0 Å². The summed E-state index contributed by atoms with van der Waals surface area (Å²) < 4.78 is 0. The largest absolute Gasteiger partial charge is 0.340 e. The van der Waals surface area contributed by atoms with Gasteiger partial charge in [-0.3, -0.25) is 34.2 Å². The van der Waals surface area contributed by atoms with E-state index in [1.807, 2.05) is 0 Å². The van der Waals surface area contributed by atoms with Gasteiger partial charge in [-0.25, -0.2) is 0 Å². The second-order valence-corrected chi connectivity index (χ2v) is 7.86. The number of carbonyl (C=O) groups is 5. The third-order valence-electron chi connectivity index (χ3n) is 5.07. The molecule has 1 fully saturated rings. The van der Waals surface area contributed by atoms with Gasteiger partial charge in [-0.1, -0.05) is 40.5 Å². The van der Waals surface area contributed by atoms with E-state index in [0.717, 1.165) is 23.1 Å². The van der Waals surface area contributed by atoms with Crippen LogP contribution in [0.3, 0.4) is 0 Å². The van der Waals surface area contributed by atoms with Crippen LogP contribution in [0.4, 0.5) is 0 Å². The van der Waals surface area contributed by atoms with Gasteiger partial charge in [-0.2, -0.15) is 0 Å². The average Bonchev–Trinajstić information content (AvgIpc) is 2.70. The molecule has 3 rings (SSSR count). The van der Waals surface area contributed by atoms with Crippen LogP contribution < -0.4 is 10.6 Å². The first-order valence-electron chi connectivity index (χ1n) is 9.59. The van der Waals surface area contributed by atoms with Crippen molar-refractivity contribution in [2.45, 2.75) is 50.6 Å². The van der Waals surface area contributed by atoms with Gasteiger partial charge in [0.05, 0.1) is 0 Å². The molecule has 2 heterocycles. The van der Waals surface area contributed by atoms with Crippen LogP contribution in [0.5, 0.6) is 0 Å². The van der Waals surface area contributed by atoms with Crippen LogP contribution in [0.1, 0.15) is 60.5 Å². The maximum Gasteiger partial charge on any atom is 0.261 e. The molecule has 1 aromatic rings. The Morgan fingerprint density at radius 2 is 1.90 bits per heavy atom. The molecule has 0 spiro atoms. The molecule has 0 radical (unpaired) electrons. The minimum Gasteiger partial charge on any atom is -0.340 e. The Bertz CT molecular complexity index is 856. The summed E-state index contributed by atoms with van der Waals surface area (Å²) in [5.41, 5.74) is 0.682. The molecule has 5 amide bonds. The van der Waals surface area contributed by atoms with E-state index in [2.05, 4.69) is 26.6 Å². The van der Waals surface area contributed by atoms with E-state index in [0.29, 0.717) is 12.0 Å². The SMILES string of the molecule is O=C1CCC(N2C(=O)c3ccccc3C(NC(=O)CCCCCBr)C2=O)C(=O)N1. The van der Waals surface area contributed by atoms with Crippen LogP contribution in [0.2, 0.25) is 0 Å². The van der Waals surface area contributed by atoms with Crippen molar-refractivity contribution in [3.05, 3.63) is 35.4 Å². The molecule has 0 bridgehead atoms. The van der Waals surface area contributed by atoms with Crippen LogP contribution in [0, 0.1) is 0 Å². The summed E-state index contributed by atoms with van der Waals surface area (Å²) in [5, 5.41) is 5.76. The number of hydrogen-bond donors (Lipinski definition) is 2. The fraction of sp³-hybridized carbons (Fsp3) is 0.450. The lowest BCUT2D eigenvalue weighted by atomic mass is 9.91. The molecular formula is C20H22BrN3O5. The van der Waals surface area contributed by atoms with Crippen LogP contribution in [0.25, 0.3) is 0 Å². The second-order valence-electron chi connectivity index (χ2n) is 7.07. The van der Waals surface area contributed by atoms with Crippen molar-refractivity contribution in [2.75, 3.05) is 5.33 Å². The Kier molecular flexibility index (Phi) is 6.79. The molecule has 2 unspecified atom stereocenters. The highest BCUT2D eigenvalue weighted by Gasteiger charge is 2.46. The van der Waals surface area contributed by atoms with Crippen molar-refractivity contribution in [3.8, 4) is 0 Å². The maximum absolute atomic E-state index is 13.2. The molecule has 0 saturated carbocycles. The van der Waals surface area contributed by atoms with E-state index in [1.54, 1.807) is 24.3 Å². The van der Waals surface area contributed by atoms with E-state index in [9.17, 15) is 24.0 Å². The fourth-order valence-corrected chi connectivity index (χ4v) is 4.00. The first-order chi connectivity index (χ1) is 13.9. The van der Waals surface area contributed by atoms with Crippen molar-refractivity contribution in [1.82, 2.24) is 15.5 Å². The normalized spacial score (nSPS) is 21.6. The summed E-state index contributed by atoms with van der Waals surface area (Å²) in [7, 11) is 0. The molecule has 1 saturated heterocycles. The molecule has 2 atom stereocenters. The number of halogens is 1. The lowest BCUT2D eigenvalue weighted by molar-refractivity contribution is -0.145. The van der Waals surface area contributed by atoms with Gasteiger partial charge >= 0.3 is 0 Å². The molecule has 154 valence electrons. The zero-order valence-electron chi connectivity index (χ0n) is 15.8.